The van der Waals surface area contributed by atoms with E-state index in [1.807, 2.05) is 41.1 Å². The van der Waals surface area contributed by atoms with E-state index in [4.69, 9.17) is 4.98 Å². The Hall–Kier alpha value is -2.75. The van der Waals surface area contributed by atoms with Gasteiger partial charge in [-0.05, 0) is 30.5 Å². The molecule has 1 fully saturated rings. The Bertz CT molecular complexity index is 802. The highest BCUT2D eigenvalue weighted by atomic mass is 15.4. The summed E-state index contributed by atoms with van der Waals surface area (Å²) in [5, 5.41) is 4.68. The second-order valence-corrected chi connectivity index (χ2v) is 5.78. The summed E-state index contributed by atoms with van der Waals surface area (Å²) in [6, 6.07) is 16.2. The van der Waals surface area contributed by atoms with E-state index in [2.05, 4.69) is 34.4 Å². The maximum Gasteiger partial charge on any atom is 0.155 e. The zero-order chi connectivity index (χ0) is 15.5. The van der Waals surface area contributed by atoms with Gasteiger partial charge in [0.2, 0.25) is 0 Å². The van der Waals surface area contributed by atoms with Crippen LogP contribution in [0.15, 0.2) is 60.8 Å². The number of aromatic nitrogens is 4. The number of allylic oxidation sites excluding steroid dienone is 1. The van der Waals surface area contributed by atoms with Gasteiger partial charge >= 0.3 is 0 Å². The molecule has 0 bridgehead atoms. The summed E-state index contributed by atoms with van der Waals surface area (Å²) in [5.74, 6) is 3.27. The first-order chi connectivity index (χ1) is 11.4. The van der Waals surface area contributed by atoms with E-state index >= 15 is 0 Å². The molecule has 0 radical (unpaired) electrons. The summed E-state index contributed by atoms with van der Waals surface area (Å²) >= 11 is 0. The molecule has 4 nitrogen and oxygen atoms in total. The van der Waals surface area contributed by atoms with Crippen molar-refractivity contribution in [1.82, 2.24) is 19.7 Å². The molecule has 23 heavy (non-hydrogen) atoms. The van der Waals surface area contributed by atoms with E-state index in [9.17, 15) is 0 Å². The Morgan fingerprint density at radius 3 is 2.61 bits per heavy atom. The molecule has 0 unspecified atom stereocenters. The zero-order valence-electron chi connectivity index (χ0n) is 12.8. The largest absolute Gasteiger partial charge is 0.237 e. The number of pyridine rings is 1. The van der Waals surface area contributed by atoms with Gasteiger partial charge in [0.1, 0.15) is 5.82 Å². The van der Waals surface area contributed by atoms with Gasteiger partial charge in [-0.15, -0.1) is 5.10 Å². The molecule has 0 amide bonds. The van der Waals surface area contributed by atoms with Gasteiger partial charge in [0.05, 0.1) is 0 Å². The van der Waals surface area contributed by atoms with Crippen LogP contribution >= 0.6 is 0 Å². The quantitative estimate of drug-likeness (QED) is 0.720. The molecule has 1 aliphatic carbocycles. The predicted octanol–water partition coefficient (Wildman–Crippen LogP) is 3.80. The van der Waals surface area contributed by atoms with Crippen molar-refractivity contribution in [1.29, 1.82) is 0 Å². The van der Waals surface area contributed by atoms with E-state index in [1.54, 1.807) is 6.20 Å². The van der Waals surface area contributed by atoms with Gasteiger partial charge in [-0.3, -0.25) is 0 Å². The van der Waals surface area contributed by atoms with E-state index in [0.717, 1.165) is 23.9 Å². The van der Waals surface area contributed by atoms with Crippen molar-refractivity contribution in [3.8, 4) is 5.82 Å². The molecule has 1 aromatic carbocycles. The molecule has 3 aromatic rings. The van der Waals surface area contributed by atoms with Crippen LogP contribution in [-0.4, -0.2) is 19.7 Å². The second-order valence-electron chi connectivity index (χ2n) is 5.78. The molecule has 114 valence electrons. The number of hydrogen-bond acceptors (Lipinski definition) is 3. The van der Waals surface area contributed by atoms with E-state index in [-0.39, 0.29) is 0 Å². The van der Waals surface area contributed by atoms with E-state index < -0.39 is 0 Å². The average molecular weight is 302 g/mol. The van der Waals surface area contributed by atoms with Crippen LogP contribution in [0.5, 0.6) is 0 Å². The minimum Gasteiger partial charge on any atom is -0.237 e. The van der Waals surface area contributed by atoms with Gasteiger partial charge in [0, 0.05) is 18.5 Å². The van der Waals surface area contributed by atoms with Gasteiger partial charge < -0.3 is 0 Å². The Morgan fingerprint density at radius 2 is 1.87 bits per heavy atom. The first-order valence-corrected chi connectivity index (χ1v) is 7.99. The van der Waals surface area contributed by atoms with Gasteiger partial charge in [-0.1, -0.05) is 48.6 Å². The van der Waals surface area contributed by atoms with Crippen LogP contribution in [0.3, 0.4) is 0 Å². The first kappa shape index (κ1) is 13.9. The molecular weight excluding hydrogens is 284 g/mol. The van der Waals surface area contributed by atoms with Crippen LogP contribution < -0.4 is 0 Å². The first-order valence-electron chi connectivity index (χ1n) is 7.99. The highest BCUT2D eigenvalue weighted by Crippen LogP contribution is 2.38. The van der Waals surface area contributed by atoms with Crippen LogP contribution in [0.4, 0.5) is 0 Å². The summed E-state index contributed by atoms with van der Waals surface area (Å²) in [7, 11) is 0. The Labute approximate surface area is 135 Å². The van der Waals surface area contributed by atoms with Gasteiger partial charge in [-0.25, -0.2) is 9.97 Å². The van der Waals surface area contributed by atoms with Crippen molar-refractivity contribution in [3.63, 3.8) is 0 Å². The van der Waals surface area contributed by atoms with Crippen LogP contribution in [0.1, 0.15) is 36.0 Å². The minimum atomic E-state index is 0.539. The standard InChI is InChI=1S/C19H18N4/c1-2-7-15(8-3-1)9-6-11-18-21-19(16-12-13-16)22-23(18)17-10-4-5-14-20-17/h1-10,14,16H,11-13H2/b9-6+. The minimum absolute atomic E-state index is 0.539. The van der Waals surface area contributed by atoms with Crippen LogP contribution in [0, 0.1) is 0 Å². The fraction of sp³-hybridized carbons (Fsp3) is 0.211. The molecule has 2 heterocycles. The number of benzene rings is 1. The Kier molecular flexibility index (Phi) is 3.72. The lowest BCUT2D eigenvalue weighted by atomic mass is 10.2. The molecule has 0 atom stereocenters. The topological polar surface area (TPSA) is 43.6 Å². The summed E-state index contributed by atoms with van der Waals surface area (Å²) < 4.78 is 1.88. The maximum absolute atomic E-state index is 4.74. The smallest absolute Gasteiger partial charge is 0.155 e. The molecule has 1 saturated carbocycles. The Morgan fingerprint density at radius 1 is 1.04 bits per heavy atom. The molecule has 4 heteroatoms. The van der Waals surface area contributed by atoms with Crippen molar-refractivity contribution in [2.75, 3.05) is 0 Å². The molecular formula is C19H18N4. The summed E-state index contributed by atoms with van der Waals surface area (Å²) in [6.45, 7) is 0. The average Bonchev–Trinajstić information content (AvgIpc) is 3.37. The maximum atomic E-state index is 4.74. The van der Waals surface area contributed by atoms with E-state index in [0.29, 0.717) is 5.92 Å². The third-order valence-corrected chi connectivity index (χ3v) is 3.91. The fourth-order valence-electron chi connectivity index (χ4n) is 2.54. The highest BCUT2D eigenvalue weighted by Gasteiger charge is 2.29. The van der Waals surface area contributed by atoms with Crippen molar-refractivity contribution < 1.29 is 0 Å². The van der Waals surface area contributed by atoms with Gasteiger partial charge in [0.15, 0.2) is 11.6 Å². The third kappa shape index (κ3) is 3.21. The van der Waals surface area contributed by atoms with Crippen LogP contribution in [-0.2, 0) is 6.42 Å². The SMILES string of the molecule is C(=C\c1ccccc1)/Cc1nc(C2CC2)nn1-c1ccccn1. The van der Waals surface area contributed by atoms with Crippen LogP contribution in [0.2, 0.25) is 0 Å². The number of hydrogen-bond donors (Lipinski definition) is 0. The second kappa shape index (κ2) is 6.16. The van der Waals surface area contributed by atoms with Crippen molar-refractivity contribution >= 4 is 6.08 Å². The molecule has 0 aliphatic heterocycles. The lowest BCUT2D eigenvalue weighted by Gasteiger charge is -2.02. The molecule has 4 rings (SSSR count). The Balaban J connectivity index is 1.60. The zero-order valence-corrected chi connectivity index (χ0v) is 12.8. The molecule has 0 spiro atoms. The van der Waals surface area contributed by atoms with Gasteiger partial charge in [0.25, 0.3) is 0 Å². The summed E-state index contributed by atoms with van der Waals surface area (Å²) in [4.78, 5) is 9.15. The molecule has 1 aliphatic rings. The summed E-state index contributed by atoms with van der Waals surface area (Å²) in [6.07, 6.45) is 9.18. The van der Waals surface area contributed by atoms with Crippen molar-refractivity contribution in [2.45, 2.75) is 25.2 Å². The predicted molar refractivity (Wildman–Crippen MR) is 90.3 cm³/mol. The molecule has 0 saturated heterocycles. The third-order valence-electron chi connectivity index (χ3n) is 3.91. The number of nitrogens with zero attached hydrogens (tertiary/aromatic N) is 4. The highest BCUT2D eigenvalue weighted by molar-refractivity contribution is 5.49. The normalized spacial score (nSPS) is 14.4. The lowest BCUT2D eigenvalue weighted by Crippen LogP contribution is -2.04. The summed E-state index contributed by atoms with van der Waals surface area (Å²) in [5.41, 5.74) is 1.19. The van der Waals surface area contributed by atoms with Gasteiger partial charge in [-0.2, -0.15) is 4.68 Å². The molecule has 2 aromatic heterocycles. The fourth-order valence-corrected chi connectivity index (χ4v) is 2.54. The molecule has 0 N–H and O–H groups in total. The monoisotopic (exact) mass is 302 g/mol. The van der Waals surface area contributed by atoms with E-state index in [1.165, 1.54) is 18.4 Å². The van der Waals surface area contributed by atoms with Crippen molar-refractivity contribution in [3.05, 3.63) is 78.0 Å². The lowest BCUT2D eigenvalue weighted by molar-refractivity contribution is 0.779. The number of rotatable bonds is 5. The van der Waals surface area contributed by atoms with Crippen LogP contribution in [0.25, 0.3) is 11.9 Å². The van der Waals surface area contributed by atoms with Crippen molar-refractivity contribution in [2.24, 2.45) is 0 Å².